The number of hydrogen-bond donors (Lipinski definition) is 1. The van der Waals surface area contributed by atoms with Crippen LogP contribution in [-0.4, -0.2) is 0 Å². The van der Waals surface area contributed by atoms with Crippen molar-refractivity contribution in [2.45, 2.75) is 19.3 Å². The van der Waals surface area contributed by atoms with Crippen molar-refractivity contribution in [1.82, 2.24) is 0 Å². The first-order valence-electron chi connectivity index (χ1n) is 6.35. The summed E-state index contributed by atoms with van der Waals surface area (Å²) in [4.78, 5) is 0. The molecule has 0 radical (unpaired) electrons. The van der Waals surface area contributed by atoms with E-state index in [4.69, 9.17) is 16.9 Å². The van der Waals surface area contributed by atoms with E-state index in [-0.39, 0.29) is 0 Å². The summed E-state index contributed by atoms with van der Waals surface area (Å²) < 4.78 is 0. The number of halogens is 1. The van der Waals surface area contributed by atoms with Gasteiger partial charge in [-0.25, -0.2) is 0 Å². The first kappa shape index (κ1) is 12.1. The molecule has 0 spiro atoms. The van der Waals surface area contributed by atoms with Crippen LogP contribution >= 0.6 is 11.6 Å². The average Bonchev–Trinajstić information content (AvgIpc) is 2.88. The van der Waals surface area contributed by atoms with Gasteiger partial charge in [-0.1, -0.05) is 17.7 Å². The molecule has 94 valence electrons. The Morgan fingerprint density at radius 3 is 2.68 bits per heavy atom. The molecule has 2 aromatic rings. The van der Waals surface area contributed by atoms with E-state index in [0.29, 0.717) is 10.6 Å². The summed E-state index contributed by atoms with van der Waals surface area (Å²) in [5.74, 6) is 0. The SMILES string of the molecule is N#Cc1ccc(Nc2ccc3c(c2)CCC3)c(Cl)c1. The lowest BCUT2D eigenvalue weighted by molar-refractivity contribution is 0.912. The lowest BCUT2D eigenvalue weighted by Crippen LogP contribution is -1.93. The second kappa shape index (κ2) is 4.95. The normalized spacial score (nSPS) is 12.8. The second-order valence-electron chi connectivity index (χ2n) is 4.77. The van der Waals surface area contributed by atoms with E-state index in [1.54, 1.807) is 12.1 Å². The number of benzene rings is 2. The van der Waals surface area contributed by atoms with Crippen molar-refractivity contribution in [1.29, 1.82) is 5.26 Å². The minimum Gasteiger partial charge on any atom is -0.354 e. The van der Waals surface area contributed by atoms with Crippen molar-refractivity contribution in [3.63, 3.8) is 0 Å². The molecule has 0 saturated carbocycles. The maximum atomic E-state index is 8.82. The highest BCUT2D eigenvalue weighted by Crippen LogP contribution is 2.29. The minimum absolute atomic E-state index is 0.569. The van der Waals surface area contributed by atoms with E-state index < -0.39 is 0 Å². The molecule has 0 unspecified atom stereocenters. The molecule has 2 aromatic carbocycles. The Morgan fingerprint density at radius 1 is 1.05 bits per heavy atom. The molecule has 0 heterocycles. The first-order valence-corrected chi connectivity index (χ1v) is 6.72. The molecule has 0 aromatic heterocycles. The minimum atomic E-state index is 0.569. The molecule has 1 aliphatic carbocycles. The highest BCUT2D eigenvalue weighted by atomic mass is 35.5. The van der Waals surface area contributed by atoms with Gasteiger partial charge in [-0.05, 0) is 60.7 Å². The third kappa shape index (κ3) is 2.43. The maximum Gasteiger partial charge on any atom is 0.0992 e. The topological polar surface area (TPSA) is 35.8 Å². The van der Waals surface area contributed by atoms with Crippen molar-refractivity contribution in [3.8, 4) is 6.07 Å². The lowest BCUT2D eigenvalue weighted by atomic mass is 10.1. The van der Waals surface area contributed by atoms with Crippen molar-refractivity contribution >= 4 is 23.0 Å². The zero-order valence-electron chi connectivity index (χ0n) is 10.4. The molecule has 3 rings (SSSR count). The molecule has 0 atom stereocenters. The molecule has 3 heteroatoms. The number of nitrogens with one attached hydrogen (secondary N) is 1. The van der Waals surface area contributed by atoms with Gasteiger partial charge in [0.05, 0.1) is 22.3 Å². The Balaban J connectivity index is 1.87. The third-order valence-electron chi connectivity index (χ3n) is 3.48. The lowest BCUT2D eigenvalue weighted by Gasteiger charge is -2.10. The molecular formula is C16H13ClN2. The Hall–Kier alpha value is -1.98. The van der Waals surface area contributed by atoms with Crippen LogP contribution in [0.1, 0.15) is 23.1 Å². The average molecular weight is 269 g/mol. The van der Waals surface area contributed by atoms with Crippen LogP contribution in [0.2, 0.25) is 5.02 Å². The van der Waals surface area contributed by atoms with E-state index in [9.17, 15) is 0 Å². The predicted molar refractivity (Wildman–Crippen MR) is 77.9 cm³/mol. The monoisotopic (exact) mass is 268 g/mol. The molecule has 1 N–H and O–H groups in total. The van der Waals surface area contributed by atoms with Crippen LogP contribution in [0.25, 0.3) is 0 Å². The third-order valence-corrected chi connectivity index (χ3v) is 3.79. The fourth-order valence-electron chi connectivity index (χ4n) is 2.49. The number of rotatable bonds is 2. The number of fused-ring (bicyclic) bond motifs is 1. The summed E-state index contributed by atoms with van der Waals surface area (Å²) in [7, 11) is 0. The first-order chi connectivity index (χ1) is 9.26. The summed E-state index contributed by atoms with van der Waals surface area (Å²) in [6.45, 7) is 0. The van der Waals surface area contributed by atoms with Crippen LogP contribution in [-0.2, 0) is 12.8 Å². The number of nitrogens with zero attached hydrogens (tertiary/aromatic N) is 1. The van der Waals surface area contributed by atoms with Gasteiger partial charge in [0.1, 0.15) is 0 Å². The van der Waals surface area contributed by atoms with E-state index in [1.165, 1.54) is 24.0 Å². The van der Waals surface area contributed by atoms with E-state index in [2.05, 4.69) is 29.6 Å². The molecule has 0 bridgehead atoms. The number of anilines is 2. The molecule has 2 nitrogen and oxygen atoms in total. The molecule has 19 heavy (non-hydrogen) atoms. The number of aryl methyl sites for hydroxylation is 2. The van der Waals surface area contributed by atoms with Crippen molar-refractivity contribution in [2.24, 2.45) is 0 Å². The van der Waals surface area contributed by atoms with E-state index >= 15 is 0 Å². The molecule has 0 fully saturated rings. The van der Waals surface area contributed by atoms with Gasteiger partial charge in [0, 0.05) is 5.69 Å². The number of hydrogen-bond acceptors (Lipinski definition) is 2. The standard InChI is InChI=1S/C16H13ClN2/c17-15-8-11(10-18)4-7-16(15)19-14-6-5-12-2-1-3-13(12)9-14/h4-9,19H,1-3H2. The highest BCUT2D eigenvalue weighted by Gasteiger charge is 2.11. The summed E-state index contributed by atoms with van der Waals surface area (Å²) >= 11 is 6.16. The number of nitriles is 1. The van der Waals surface area contributed by atoms with Crippen molar-refractivity contribution in [2.75, 3.05) is 5.32 Å². The summed E-state index contributed by atoms with van der Waals surface area (Å²) in [5, 5.41) is 12.7. The Morgan fingerprint density at radius 2 is 1.89 bits per heavy atom. The van der Waals surface area contributed by atoms with Gasteiger partial charge in [0.2, 0.25) is 0 Å². The van der Waals surface area contributed by atoms with Gasteiger partial charge in [0.15, 0.2) is 0 Å². The van der Waals surface area contributed by atoms with Crippen LogP contribution in [0.15, 0.2) is 36.4 Å². The summed E-state index contributed by atoms with van der Waals surface area (Å²) in [5.41, 5.74) is 5.33. The zero-order chi connectivity index (χ0) is 13.2. The zero-order valence-corrected chi connectivity index (χ0v) is 11.2. The van der Waals surface area contributed by atoms with E-state index in [1.807, 2.05) is 6.07 Å². The van der Waals surface area contributed by atoms with Gasteiger partial charge in [0.25, 0.3) is 0 Å². The van der Waals surface area contributed by atoms with Crippen molar-refractivity contribution in [3.05, 3.63) is 58.1 Å². The second-order valence-corrected chi connectivity index (χ2v) is 5.18. The smallest absolute Gasteiger partial charge is 0.0992 e. The quantitative estimate of drug-likeness (QED) is 0.874. The fraction of sp³-hybridized carbons (Fsp3) is 0.188. The van der Waals surface area contributed by atoms with Crippen LogP contribution in [0, 0.1) is 11.3 Å². The van der Waals surface area contributed by atoms with Crippen molar-refractivity contribution < 1.29 is 0 Å². The Bertz CT molecular complexity index is 671. The van der Waals surface area contributed by atoms with Gasteiger partial charge in [-0.3, -0.25) is 0 Å². The Kier molecular flexibility index (Phi) is 3.15. The largest absolute Gasteiger partial charge is 0.354 e. The van der Waals surface area contributed by atoms with Crippen LogP contribution in [0.5, 0.6) is 0 Å². The maximum absolute atomic E-state index is 8.82. The molecule has 0 saturated heterocycles. The Labute approximate surface area is 117 Å². The summed E-state index contributed by atoms with van der Waals surface area (Å²) in [6, 6.07) is 13.8. The van der Waals surface area contributed by atoms with E-state index in [0.717, 1.165) is 17.8 Å². The van der Waals surface area contributed by atoms with Crippen LogP contribution in [0.3, 0.4) is 0 Å². The molecule has 0 aliphatic heterocycles. The van der Waals surface area contributed by atoms with Gasteiger partial charge in [-0.15, -0.1) is 0 Å². The fourth-order valence-corrected chi connectivity index (χ4v) is 2.72. The predicted octanol–water partition coefficient (Wildman–Crippen LogP) is 4.44. The van der Waals surface area contributed by atoms with Crippen LogP contribution in [0.4, 0.5) is 11.4 Å². The van der Waals surface area contributed by atoms with Gasteiger partial charge >= 0.3 is 0 Å². The molecule has 1 aliphatic rings. The van der Waals surface area contributed by atoms with Gasteiger partial charge < -0.3 is 5.32 Å². The van der Waals surface area contributed by atoms with Gasteiger partial charge in [-0.2, -0.15) is 5.26 Å². The summed E-state index contributed by atoms with van der Waals surface area (Å²) in [6.07, 6.45) is 3.59. The van der Waals surface area contributed by atoms with Crippen LogP contribution < -0.4 is 5.32 Å². The highest BCUT2D eigenvalue weighted by molar-refractivity contribution is 6.33. The molecular weight excluding hydrogens is 256 g/mol. The molecule has 0 amide bonds.